The SMILES string of the molecule is CCN(CC)C(N)=NCCNS(=O)(=O)c1ccc(Cl)s1. The number of halogens is 1. The van der Waals surface area contributed by atoms with Gasteiger partial charge in [-0.25, -0.2) is 13.1 Å². The van der Waals surface area contributed by atoms with Crippen LogP contribution in [-0.4, -0.2) is 45.5 Å². The van der Waals surface area contributed by atoms with Crippen molar-refractivity contribution in [2.45, 2.75) is 18.1 Å². The molecule has 0 spiro atoms. The molecule has 0 radical (unpaired) electrons. The molecule has 0 atom stereocenters. The maximum absolute atomic E-state index is 11.9. The Kier molecular flexibility index (Phi) is 6.74. The Bertz CT molecular complexity index is 553. The summed E-state index contributed by atoms with van der Waals surface area (Å²) < 4.78 is 26.9. The van der Waals surface area contributed by atoms with Crippen LogP contribution in [0, 0.1) is 0 Å². The van der Waals surface area contributed by atoms with Gasteiger partial charge in [0.05, 0.1) is 10.9 Å². The Labute approximate surface area is 128 Å². The molecule has 9 heteroatoms. The second kappa shape index (κ2) is 7.82. The van der Waals surface area contributed by atoms with Crippen LogP contribution in [0.3, 0.4) is 0 Å². The number of thiophene rings is 1. The molecule has 3 N–H and O–H groups in total. The second-order valence-corrected chi connectivity index (χ2v) is 7.58. The van der Waals surface area contributed by atoms with E-state index in [4.69, 9.17) is 17.3 Å². The van der Waals surface area contributed by atoms with Gasteiger partial charge in [-0.15, -0.1) is 11.3 Å². The van der Waals surface area contributed by atoms with Crippen molar-refractivity contribution in [3.05, 3.63) is 16.5 Å². The van der Waals surface area contributed by atoms with Crippen molar-refractivity contribution in [3.63, 3.8) is 0 Å². The first-order chi connectivity index (χ1) is 9.40. The highest BCUT2D eigenvalue weighted by Crippen LogP contribution is 2.25. The smallest absolute Gasteiger partial charge is 0.250 e. The highest BCUT2D eigenvalue weighted by Gasteiger charge is 2.15. The molecule has 1 aromatic rings. The Hall–Kier alpha value is -0.830. The van der Waals surface area contributed by atoms with Crippen LogP contribution in [0.5, 0.6) is 0 Å². The van der Waals surface area contributed by atoms with Gasteiger partial charge in [0.25, 0.3) is 0 Å². The number of guanidine groups is 1. The van der Waals surface area contributed by atoms with Gasteiger partial charge in [-0.1, -0.05) is 11.6 Å². The lowest BCUT2D eigenvalue weighted by atomic mass is 10.5. The monoisotopic (exact) mass is 338 g/mol. The summed E-state index contributed by atoms with van der Waals surface area (Å²) in [5, 5.41) is 0. The molecule has 1 rings (SSSR count). The Balaban J connectivity index is 2.50. The number of sulfonamides is 1. The van der Waals surface area contributed by atoms with Crippen LogP contribution < -0.4 is 10.5 Å². The van der Waals surface area contributed by atoms with E-state index in [0.717, 1.165) is 24.4 Å². The standard InChI is InChI=1S/C11H19ClN4O2S2/c1-3-16(4-2)11(13)14-7-8-15-20(17,18)10-6-5-9(12)19-10/h5-6,15H,3-4,7-8H2,1-2H3,(H2,13,14). The normalized spacial score (nSPS) is 12.7. The summed E-state index contributed by atoms with van der Waals surface area (Å²) in [4.78, 5) is 6.04. The van der Waals surface area contributed by atoms with Crippen molar-refractivity contribution in [1.82, 2.24) is 9.62 Å². The molecule has 0 saturated heterocycles. The van der Waals surface area contributed by atoms with Gasteiger partial charge in [0.2, 0.25) is 10.0 Å². The summed E-state index contributed by atoms with van der Waals surface area (Å²) in [7, 11) is -3.51. The minimum atomic E-state index is -3.51. The molecule has 0 aromatic carbocycles. The third kappa shape index (κ3) is 4.93. The fraction of sp³-hybridized carbons (Fsp3) is 0.545. The molecule has 114 valence electrons. The minimum absolute atomic E-state index is 0.194. The summed E-state index contributed by atoms with van der Waals surface area (Å²) in [6.45, 7) is 5.99. The van der Waals surface area contributed by atoms with Crippen LogP contribution in [0.15, 0.2) is 21.3 Å². The van der Waals surface area contributed by atoms with E-state index in [1.165, 1.54) is 6.07 Å². The van der Waals surface area contributed by atoms with Gasteiger partial charge in [-0.2, -0.15) is 0 Å². The second-order valence-electron chi connectivity index (χ2n) is 3.87. The molecule has 0 aliphatic rings. The van der Waals surface area contributed by atoms with Crippen molar-refractivity contribution >= 4 is 38.9 Å². The predicted molar refractivity (Wildman–Crippen MR) is 83.9 cm³/mol. The average molecular weight is 339 g/mol. The maximum Gasteiger partial charge on any atom is 0.250 e. The number of nitrogens with zero attached hydrogens (tertiary/aromatic N) is 2. The van der Waals surface area contributed by atoms with Gasteiger partial charge in [0, 0.05) is 19.6 Å². The van der Waals surface area contributed by atoms with Gasteiger partial charge in [0.1, 0.15) is 4.21 Å². The number of hydrogen-bond acceptors (Lipinski definition) is 4. The van der Waals surface area contributed by atoms with Gasteiger partial charge < -0.3 is 10.6 Å². The lowest BCUT2D eigenvalue weighted by Gasteiger charge is -2.19. The largest absolute Gasteiger partial charge is 0.370 e. The van der Waals surface area contributed by atoms with E-state index < -0.39 is 10.0 Å². The molecule has 0 bridgehead atoms. The third-order valence-corrected chi connectivity index (χ3v) is 5.76. The zero-order chi connectivity index (χ0) is 15.2. The zero-order valence-electron chi connectivity index (χ0n) is 11.5. The molecular formula is C11H19ClN4O2S2. The molecule has 0 unspecified atom stereocenters. The summed E-state index contributed by atoms with van der Waals surface area (Å²) in [5.74, 6) is 0.424. The van der Waals surface area contributed by atoms with E-state index in [1.807, 2.05) is 18.7 Å². The summed E-state index contributed by atoms with van der Waals surface area (Å²) in [6.07, 6.45) is 0. The third-order valence-electron chi connectivity index (χ3n) is 2.58. The number of hydrogen-bond donors (Lipinski definition) is 2. The number of rotatable bonds is 7. The molecule has 0 amide bonds. The number of aliphatic imine (C=N–C) groups is 1. The summed E-state index contributed by atoms with van der Waals surface area (Å²) in [5.41, 5.74) is 5.79. The molecule has 0 saturated carbocycles. The van der Waals surface area contributed by atoms with E-state index in [9.17, 15) is 8.42 Å². The predicted octanol–water partition coefficient (Wildman–Crippen LogP) is 1.34. The Morgan fingerprint density at radius 1 is 1.45 bits per heavy atom. The van der Waals surface area contributed by atoms with Crippen LogP contribution in [0.25, 0.3) is 0 Å². The first-order valence-electron chi connectivity index (χ1n) is 6.20. The van der Waals surface area contributed by atoms with Gasteiger partial charge in [-0.05, 0) is 26.0 Å². The topological polar surface area (TPSA) is 87.8 Å². The Morgan fingerprint density at radius 3 is 2.60 bits per heavy atom. The van der Waals surface area contributed by atoms with Gasteiger partial charge in [0.15, 0.2) is 5.96 Å². The van der Waals surface area contributed by atoms with E-state index in [0.29, 0.717) is 16.8 Å². The van der Waals surface area contributed by atoms with Crippen molar-refractivity contribution in [1.29, 1.82) is 0 Å². The van der Waals surface area contributed by atoms with Crippen molar-refractivity contribution in [3.8, 4) is 0 Å². The Morgan fingerprint density at radius 2 is 2.10 bits per heavy atom. The maximum atomic E-state index is 11.9. The van der Waals surface area contributed by atoms with Crippen LogP contribution in [-0.2, 0) is 10.0 Å². The van der Waals surface area contributed by atoms with E-state index in [1.54, 1.807) is 6.07 Å². The highest BCUT2D eigenvalue weighted by atomic mass is 35.5. The average Bonchev–Trinajstić information content (AvgIpc) is 2.84. The van der Waals surface area contributed by atoms with Crippen molar-refractivity contribution < 1.29 is 8.42 Å². The first kappa shape index (κ1) is 17.2. The molecule has 6 nitrogen and oxygen atoms in total. The molecule has 0 aliphatic heterocycles. The van der Waals surface area contributed by atoms with Crippen molar-refractivity contribution in [2.75, 3.05) is 26.2 Å². The summed E-state index contributed by atoms with van der Waals surface area (Å²) >= 11 is 6.74. The molecular weight excluding hydrogens is 320 g/mol. The van der Waals surface area contributed by atoms with E-state index in [2.05, 4.69) is 9.71 Å². The first-order valence-corrected chi connectivity index (χ1v) is 8.88. The number of nitrogens with two attached hydrogens (primary N) is 1. The summed E-state index contributed by atoms with van der Waals surface area (Å²) in [6, 6.07) is 3.03. The molecule has 1 heterocycles. The van der Waals surface area contributed by atoms with Crippen LogP contribution >= 0.6 is 22.9 Å². The van der Waals surface area contributed by atoms with Crippen LogP contribution in [0.2, 0.25) is 4.34 Å². The quantitative estimate of drug-likeness (QED) is 0.446. The zero-order valence-corrected chi connectivity index (χ0v) is 13.9. The molecule has 20 heavy (non-hydrogen) atoms. The molecule has 0 aliphatic carbocycles. The minimum Gasteiger partial charge on any atom is -0.370 e. The van der Waals surface area contributed by atoms with Crippen LogP contribution in [0.1, 0.15) is 13.8 Å². The lowest BCUT2D eigenvalue weighted by molar-refractivity contribution is 0.458. The number of nitrogens with one attached hydrogen (secondary N) is 1. The fourth-order valence-electron chi connectivity index (χ4n) is 1.51. The molecule has 0 fully saturated rings. The van der Waals surface area contributed by atoms with Crippen molar-refractivity contribution in [2.24, 2.45) is 10.7 Å². The van der Waals surface area contributed by atoms with E-state index in [-0.39, 0.29) is 10.8 Å². The van der Waals surface area contributed by atoms with Crippen LogP contribution in [0.4, 0.5) is 0 Å². The molecule has 1 aromatic heterocycles. The fourth-order valence-corrected chi connectivity index (χ4v) is 4.06. The van der Waals surface area contributed by atoms with Gasteiger partial charge >= 0.3 is 0 Å². The van der Waals surface area contributed by atoms with Gasteiger partial charge in [-0.3, -0.25) is 4.99 Å². The lowest BCUT2D eigenvalue weighted by Crippen LogP contribution is -2.37. The highest BCUT2D eigenvalue weighted by molar-refractivity contribution is 7.91. The van der Waals surface area contributed by atoms with E-state index >= 15 is 0 Å².